The Balaban J connectivity index is 2.34. The molecule has 2 rings (SSSR count). The lowest BCUT2D eigenvalue weighted by molar-refractivity contribution is 0.0693. The van der Waals surface area contributed by atoms with E-state index in [4.69, 9.17) is 15.1 Å². The van der Waals surface area contributed by atoms with E-state index in [-0.39, 0.29) is 11.3 Å². The minimum atomic E-state index is -1.06. The summed E-state index contributed by atoms with van der Waals surface area (Å²) in [5.74, 6) is -0.295. The summed E-state index contributed by atoms with van der Waals surface area (Å²) in [4.78, 5) is 15.3. The van der Waals surface area contributed by atoms with Gasteiger partial charge in [0.05, 0.1) is 18.7 Å². The first-order chi connectivity index (χ1) is 10.0. The highest BCUT2D eigenvalue weighted by Crippen LogP contribution is 2.25. The number of pyridine rings is 1. The number of carboxylic acids is 1. The zero-order chi connectivity index (χ0) is 15.4. The van der Waals surface area contributed by atoms with E-state index in [1.807, 2.05) is 0 Å². The molecule has 0 aliphatic rings. The maximum Gasteiger partial charge on any atom is 0.339 e. The third-order valence-electron chi connectivity index (χ3n) is 2.79. The second-order valence-electron chi connectivity index (χ2n) is 4.34. The Labute approximate surface area is 121 Å². The van der Waals surface area contributed by atoms with Crippen LogP contribution in [0.25, 0.3) is 0 Å². The first kappa shape index (κ1) is 14.3. The zero-order valence-electron chi connectivity index (χ0n) is 11.5. The van der Waals surface area contributed by atoms with Crippen LogP contribution < -0.4 is 10.1 Å². The van der Waals surface area contributed by atoms with Crippen molar-refractivity contribution in [3.8, 4) is 11.8 Å². The van der Waals surface area contributed by atoms with E-state index in [9.17, 15) is 4.79 Å². The highest BCUT2D eigenvalue weighted by Gasteiger charge is 2.11. The summed E-state index contributed by atoms with van der Waals surface area (Å²) in [6.45, 7) is 1.79. The van der Waals surface area contributed by atoms with Gasteiger partial charge in [0.15, 0.2) is 0 Å². The monoisotopic (exact) mass is 283 g/mol. The summed E-state index contributed by atoms with van der Waals surface area (Å²) in [7, 11) is 1.41. The normalized spacial score (nSPS) is 9.76. The van der Waals surface area contributed by atoms with Crippen molar-refractivity contribution < 1.29 is 14.6 Å². The number of nitrogens with zero attached hydrogens (tertiary/aromatic N) is 2. The number of benzene rings is 1. The van der Waals surface area contributed by atoms with Crippen molar-refractivity contribution in [2.24, 2.45) is 0 Å². The molecule has 106 valence electrons. The fraction of sp³-hybridized carbons (Fsp3) is 0.133. The number of nitriles is 1. The van der Waals surface area contributed by atoms with Crippen molar-refractivity contribution in [3.05, 3.63) is 47.2 Å². The van der Waals surface area contributed by atoms with Crippen LogP contribution >= 0.6 is 0 Å². The van der Waals surface area contributed by atoms with Gasteiger partial charge in [0, 0.05) is 17.4 Å². The summed E-state index contributed by atoms with van der Waals surface area (Å²) >= 11 is 0. The van der Waals surface area contributed by atoms with Crippen LogP contribution in [0.2, 0.25) is 0 Å². The Morgan fingerprint density at radius 1 is 1.38 bits per heavy atom. The molecule has 0 amide bonds. The average Bonchev–Trinajstić information content (AvgIpc) is 2.46. The van der Waals surface area contributed by atoms with Crippen LogP contribution in [0.5, 0.6) is 5.75 Å². The standard InChI is InChI=1S/C15H13N3O3/c1-9-5-10(8-16)6-14(17-9)18-11-3-4-12(15(19)20)13(7-11)21-2/h3-7H,1-2H3,(H,17,18)(H,19,20). The van der Waals surface area contributed by atoms with Gasteiger partial charge in [0.2, 0.25) is 0 Å². The molecule has 6 nitrogen and oxygen atoms in total. The molecule has 1 heterocycles. The summed E-state index contributed by atoms with van der Waals surface area (Å²) in [6.07, 6.45) is 0. The Hall–Kier alpha value is -3.07. The molecule has 1 aromatic carbocycles. The Kier molecular flexibility index (Phi) is 4.05. The van der Waals surface area contributed by atoms with E-state index >= 15 is 0 Å². The fourth-order valence-corrected chi connectivity index (χ4v) is 1.89. The largest absolute Gasteiger partial charge is 0.496 e. The number of nitrogens with one attached hydrogen (secondary N) is 1. The van der Waals surface area contributed by atoms with Gasteiger partial charge >= 0.3 is 5.97 Å². The van der Waals surface area contributed by atoms with Crippen LogP contribution in [-0.2, 0) is 0 Å². The van der Waals surface area contributed by atoms with Crippen molar-refractivity contribution in [2.45, 2.75) is 6.92 Å². The molecule has 2 aromatic rings. The lowest BCUT2D eigenvalue weighted by Crippen LogP contribution is -2.02. The lowest BCUT2D eigenvalue weighted by Gasteiger charge is -2.10. The summed E-state index contributed by atoms with van der Waals surface area (Å²) in [6, 6.07) is 9.98. The van der Waals surface area contributed by atoms with Gasteiger partial charge in [-0.2, -0.15) is 5.26 Å². The molecule has 6 heteroatoms. The van der Waals surface area contributed by atoms with Crippen LogP contribution in [0.1, 0.15) is 21.6 Å². The molecule has 0 saturated heterocycles. The molecule has 0 fully saturated rings. The van der Waals surface area contributed by atoms with Gasteiger partial charge in [-0.15, -0.1) is 0 Å². The van der Waals surface area contributed by atoms with E-state index in [0.29, 0.717) is 22.8 Å². The zero-order valence-corrected chi connectivity index (χ0v) is 11.5. The van der Waals surface area contributed by atoms with E-state index < -0.39 is 5.97 Å². The number of methoxy groups -OCH3 is 1. The first-order valence-corrected chi connectivity index (χ1v) is 6.10. The van der Waals surface area contributed by atoms with Gasteiger partial charge in [-0.05, 0) is 31.2 Å². The molecule has 1 aromatic heterocycles. The third-order valence-corrected chi connectivity index (χ3v) is 2.79. The minimum Gasteiger partial charge on any atom is -0.496 e. The van der Waals surface area contributed by atoms with Gasteiger partial charge in [-0.1, -0.05) is 0 Å². The van der Waals surface area contributed by atoms with E-state index in [0.717, 1.165) is 0 Å². The van der Waals surface area contributed by atoms with Crippen molar-refractivity contribution in [2.75, 3.05) is 12.4 Å². The molecule has 0 aliphatic carbocycles. The third kappa shape index (κ3) is 3.28. The molecule has 0 aliphatic heterocycles. The summed E-state index contributed by atoms with van der Waals surface area (Å²) in [5, 5.41) is 21.0. The fourth-order valence-electron chi connectivity index (χ4n) is 1.89. The second-order valence-corrected chi connectivity index (χ2v) is 4.34. The number of hydrogen-bond acceptors (Lipinski definition) is 5. The number of hydrogen-bond donors (Lipinski definition) is 2. The quantitative estimate of drug-likeness (QED) is 0.895. The molecule has 0 unspecified atom stereocenters. The number of ether oxygens (including phenoxy) is 1. The summed E-state index contributed by atoms with van der Waals surface area (Å²) < 4.78 is 5.06. The first-order valence-electron chi connectivity index (χ1n) is 6.10. The van der Waals surface area contributed by atoms with Crippen molar-refractivity contribution in [1.82, 2.24) is 4.98 Å². The maximum absolute atomic E-state index is 11.0. The number of carboxylic acid groups (broad SMARTS) is 1. The van der Waals surface area contributed by atoms with Crippen LogP contribution in [0.15, 0.2) is 30.3 Å². The van der Waals surface area contributed by atoms with Gasteiger partial charge in [-0.25, -0.2) is 9.78 Å². The SMILES string of the molecule is COc1cc(Nc2cc(C#N)cc(C)n2)ccc1C(=O)O. The highest BCUT2D eigenvalue weighted by molar-refractivity contribution is 5.91. The molecule has 0 radical (unpaired) electrons. The van der Waals surface area contributed by atoms with Gasteiger partial charge in [0.1, 0.15) is 17.1 Å². The minimum absolute atomic E-state index is 0.0814. The van der Waals surface area contributed by atoms with Crippen molar-refractivity contribution in [1.29, 1.82) is 5.26 Å². The molecule has 0 saturated carbocycles. The number of aromatic carboxylic acids is 1. The van der Waals surface area contributed by atoms with Crippen LogP contribution in [0.4, 0.5) is 11.5 Å². The molecule has 21 heavy (non-hydrogen) atoms. The molecule has 0 atom stereocenters. The number of aromatic nitrogens is 1. The topological polar surface area (TPSA) is 95.2 Å². The Morgan fingerprint density at radius 3 is 2.76 bits per heavy atom. The van der Waals surface area contributed by atoms with Crippen LogP contribution in [0.3, 0.4) is 0 Å². The number of rotatable bonds is 4. The molecular formula is C15H13N3O3. The maximum atomic E-state index is 11.0. The van der Waals surface area contributed by atoms with Crippen molar-refractivity contribution >= 4 is 17.5 Å². The van der Waals surface area contributed by atoms with E-state index in [1.54, 1.807) is 31.2 Å². The summed E-state index contributed by atoms with van der Waals surface area (Å²) in [5.41, 5.74) is 1.92. The molecule has 2 N–H and O–H groups in total. The number of carbonyl (C=O) groups is 1. The molecular weight excluding hydrogens is 270 g/mol. The second kappa shape index (κ2) is 5.92. The Morgan fingerprint density at radius 2 is 2.14 bits per heavy atom. The molecule has 0 bridgehead atoms. The smallest absolute Gasteiger partial charge is 0.339 e. The average molecular weight is 283 g/mol. The van der Waals surface area contributed by atoms with Crippen molar-refractivity contribution in [3.63, 3.8) is 0 Å². The van der Waals surface area contributed by atoms with Gasteiger partial charge < -0.3 is 15.2 Å². The number of aryl methyl sites for hydroxylation is 1. The lowest BCUT2D eigenvalue weighted by atomic mass is 10.1. The highest BCUT2D eigenvalue weighted by atomic mass is 16.5. The Bertz CT molecular complexity index is 735. The van der Waals surface area contributed by atoms with Crippen LogP contribution in [-0.4, -0.2) is 23.2 Å². The van der Waals surface area contributed by atoms with Crippen LogP contribution in [0, 0.1) is 18.3 Å². The van der Waals surface area contributed by atoms with Gasteiger partial charge in [-0.3, -0.25) is 0 Å². The predicted octanol–water partition coefficient (Wildman–Crippen LogP) is 2.71. The number of anilines is 2. The van der Waals surface area contributed by atoms with E-state index in [1.165, 1.54) is 13.2 Å². The predicted molar refractivity (Wildman–Crippen MR) is 76.9 cm³/mol. The molecule has 0 spiro atoms. The van der Waals surface area contributed by atoms with Gasteiger partial charge in [0.25, 0.3) is 0 Å². The van der Waals surface area contributed by atoms with E-state index in [2.05, 4.69) is 16.4 Å².